The minimum atomic E-state index is 0. The van der Waals surface area contributed by atoms with E-state index < -0.39 is 0 Å². The number of furan rings is 1. The van der Waals surface area contributed by atoms with Crippen LogP contribution in [-0.2, 0) is 11.2 Å². The molecule has 0 aliphatic heterocycles. The van der Waals surface area contributed by atoms with E-state index in [-0.39, 0.29) is 30.0 Å². The molecule has 1 aliphatic carbocycles. The van der Waals surface area contributed by atoms with Crippen molar-refractivity contribution in [3.63, 3.8) is 0 Å². The molecule has 1 fully saturated rings. The van der Waals surface area contributed by atoms with Gasteiger partial charge in [-0.1, -0.05) is 30.3 Å². The molecule has 6 heteroatoms. The highest BCUT2D eigenvalue weighted by atomic mass is 127. The summed E-state index contributed by atoms with van der Waals surface area (Å²) in [5.74, 6) is 2.63. The van der Waals surface area contributed by atoms with Crippen LogP contribution in [0, 0.1) is 5.92 Å². The van der Waals surface area contributed by atoms with Crippen molar-refractivity contribution in [2.45, 2.75) is 38.6 Å². The monoisotopic (exact) mass is 497 g/mol. The highest BCUT2D eigenvalue weighted by Gasteiger charge is 2.20. The quantitative estimate of drug-likeness (QED) is 0.207. The van der Waals surface area contributed by atoms with Crippen molar-refractivity contribution in [3.05, 3.63) is 60.1 Å². The lowest BCUT2D eigenvalue weighted by Crippen LogP contribution is -2.40. The van der Waals surface area contributed by atoms with Gasteiger partial charge in [0.2, 0.25) is 0 Å². The van der Waals surface area contributed by atoms with Gasteiger partial charge in [0.15, 0.2) is 5.96 Å². The largest absolute Gasteiger partial charge is 0.469 e. The second-order valence-electron chi connectivity index (χ2n) is 7.14. The molecule has 2 aromatic rings. The van der Waals surface area contributed by atoms with Crippen LogP contribution in [0.25, 0.3) is 0 Å². The molecule has 0 amide bonds. The van der Waals surface area contributed by atoms with Crippen LogP contribution < -0.4 is 10.6 Å². The summed E-state index contributed by atoms with van der Waals surface area (Å²) in [6.07, 6.45) is 6.16. The Hall–Kier alpha value is -1.54. The van der Waals surface area contributed by atoms with Gasteiger partial charge in [-0.25, -0.2) is 0 Å². The van der Waals surface area contributed by atoms with E-state index >= 15 is 0 Å². The number of nitrogens with zero attached hydrogens (tertiary/aromatic N) is 1. The van der Waals surface area contributed by atoms with Crippen molar-refractivity contribution in [3.8, 4) is 0 Å². The number of guanidine groups is 1. The Labute approximate surface area is 185 Å². The minimum absolute atomic E-state index is 0. The summed E-state index contributed by atoms with van der Waals surface area (Å²) in [4.78, 5) is 4.72. The number of aliphatic imine (C=N–C) groups is 1. The standard InChI is InChI=1S/C22H31N3O2.HI/c1-18(20-7-3-2-4-8-20)25-22(24-14-12-21-9-5-16-27-21)23-13-6-15-26-17-19-10-11-19;/h2-5,7-9,16,18-19H,6,10-15,17H2,1H3,(H2,23,24,25);1H. The SMILES string of the molecule is CC(NC(=NCCCOCC1CC1)NCCc1ccco1)c1ccccc1.I. The third-order valence-corrected chi connectivity index (χ3v) is 4.66. The second-order valence-corrected chi connectivity index (χ2v) is 7.14. The van der Waals surface area contributed by atoms with Gasteiger partial charge in [0, 0.05) is 32.7 Å². The molecule has 28 heavy (non-hydrogen) atoms. The van der Waals surface area contributed by atoms with Crippen LogP contribution in [0.5, 0.6) is 0 Å². The lowest BCUT2D eigenvalue weighted by atomic mass is 10.1. The van der Waals surface area contributed by atoms with Crippen molar-refractivity contribution in [1.29, 1.82) is 0 Å². The Morgan fingerprint density at radius 1 is 1.21 bits per heavy atom. The zero-order valence-corrected chi connectivity index (χ0v) is 18.9. The van der Waals surface area contributed by atoms with Crippen LogP contribution in [0.1, 0.15) is 43.6 Å². The Balaban J connectivity index is 0.00000280. The fourth-order valence-corrected chi connectivity index (χ4v) is 2.83. The number of rotatable bonds is 11. The fraction of sp³-hybridized carbons (Fsp3) is 0.500. The number of nitrogens with one attached hydrogen (secondary N) is 2. The smallest absolute Gasteiger partial charge is 0.191 e. The number of hydrogen-bond donors (Lipinski definition) is 2. The molecule has 0 saturated heterocycles. The predicted molar refractivity (Wildman–Crippen MR) is 124 cm³/mol. The normalized spacial score (nSPS) is 15.0. The first kappa shape index (κ1) is 22.7. The first-order valence-corrected chi connectivity index (χ1v) is 10.0. The Morgan fingerprint density at radius 3 is 2.75 bits per heavy atom. The van der Waals surface area contributed by atoms with E-state index in [0.717, 1.165) is 56.8 Å². The molecule has 1 saturated carbocycles. The first-order chi connectivity index (χ1) is 13.3. The molecule has 1 aliphatic rings. The van der Waals surface area contributed by atoms with Crippen LogP contribution in [-0.4, -0.2) is 32.3 Å². The summed E-state index contributed by atoms with van der Waals surface area (Å²) in [7, 11) is 0. The second kappa shape index (κ2) is 12.8. The molecule has 0 radical (unpaired) electrons. The third-order valence-electron chi connectivity index (χ3n) is 4.66. The fourth-order valence-electron chi connectivity index (χ4n) is 2.83. The Kier molecular flexibility index (Phi) is 10.4. The van der Waals surface area contributed by atoms with Gasteiger partial charge in [-0.05, 0) is 49.8 Å². The van der Waals surface area contributed by atoms with E-state index in [2.05, 4.69) is 41.8 Å². The summed E-state index contributed by atoms with van der Waals surface area (Å²) in [5.41, 5.74) is 1.24. The predicted octanol–water partition coefficient (Wildman–Crippen LogP) is 4.55. The average Bonchev–Trinajstić information content (AvgIpc) is 3.38. The van der Waals surface area contributed by atoms with Crippen molar-refractivity contribution >= 4 is 29.9 Å². The van der Waals surface area contributed by atoms with Crippen LogP contribution in [0.3, 0.4) is 0 Å². The van der Waals surface area contributed by atoms with Gasteiger partial charge in [0.25, 0.3) is 0 Å². The lowest BCUT2D eigenvalue weighted by Gasteiger charge is -2.18. The maximum atomic E-state index is 5.70. The molecule has 1 unspecified atom stereocenters. The van der Waals surface area contributed by atoms with Gasteiger partial charge < -0.3 is 19.8 Å². The Morgan fingerprint density at radius 2 is 2.04 bits per heavy atom. The van der Waals surface area contributed by atoms with Gasteiger partial charge in [0.1, 0.15) is 5.76 Å². The summed E-state index contributed by atoms with van der Waals surface area (Å²) in [6.45, 7) is 5.38. The van der Waals surface area contributed by atoms with Crippen LogP contribution in [0.15, 0.2) is 58.1 Å². The molecule has 3 rings (SSSR count). The van der Waals surface area contributed by atoms with Gasteiger partial charge in [-0.2, -0.15) is 0 Å². The van der Waals surface area contributed by atoms with Crippen molar-refractivity contribution in [1.82, 2.24) is 10.6 Å². The minimum Gasteiger partial charge on any atom is -0.469 e. The van der Waals surface area contributed by atoms with Crippen molar-refractivity contribution < 1.29 is 9.15 Å². The summed E-state index contributed by atoms with van der Waals surface area (Å²) in [5, 5.41) is 6.92. The summed E-state index contributed by atoms with van der Waals surface area (Å²) < 4.78 is 11.1. The highest BCUT2D eigenvalue weighted by Crippen LogP contribution is 2.28. The molecule has 0 spiro atoms. The van der Waals surface area contributed by atoms with Gasteiger partial charge >= 0.3 is 0 Å². The molecule has 154 valence electrons. The first-order valence-electron chi connectivity index (χ1n) is 10.0. The summed E-state index contributed by atoms with van der Waals surface area (Å²) >= 11 is 0. The van der Waals surface area contributed by atoms with Crippen LogP contribution in [0.2, 0.25) is 0 Å². The molecule has 0 bridgehead atoms. The highest BCUT2D eigenvalue weighted by molar-refractivity contribution is 14.0. The average molecular weight is 497 g/mol. The molecule has 1 heterocycles. The van der Waals surface area contributed by atoms with Crippen LogP contribution in [0.4, 0.5) is 0 Å². The molecular weight excluding hydrogens is 465 g/mol. The number of hydrogen-bond acceptors (Lipinski definition) is 3. The lowest BCUT2D eigenvalue weighted by molar-refractivity contribution is 0.123. The molecule has 1 aromatic heterocycles. The third kappa shape index (κ3) is 8.65. The maximum Gasteiger partial charge on any atom is 0.191 e. The molecule has 1 atom stereocenters. The van der Waals surface area contributed by atoms with Gasteiger partial charge in [-0.3, -0.25) is 4.99 Å². The molecule has 5 nitrogen and oxygen atoms in total. The van der Waals surface area contributed by atoms with Crippen molar-refractivity contribution in [2.24, 2.45) is 10.9 Å². The Bertz CT molecular complexity index is 672. The van der Waals surface area contributed by atoms with Crippen LogP contribution >= 0.6 is 24.0 Å². The molecular formula is C22H32IN3O2. The zero-order valence-electron chi connectivity index (χ0n) is 16.6. The van der Waals surface area contributed by atoms with E-state index in [0.29, 0.717) is 0 Å². The number of halogens is 1. The van der Waals surface area contributed by atoms with E-state index in [9.17, 15) is 0 Å². The van der Waals surface area contributed by atoms with Gasteiger partial charge in [0.05, 0.1) is 12.3 Å². The van der Waals surface area contributed by atoms with E-state index in [1.54, 1.807) is 6.26 Å². The molecule has 2 N–H and O–H groups in total. The zero-order chi connectivity index (χ0) is 18.7. The van der Waals surface area contributed by atoms with E-state index in [1.165, 1.54) is 18.4 Å². The van der Waals surface area contributed by atoms with E-state index in [4.69, 9.17) is 14.1 Å². The number of benzene rings is 1. The topological polar surface area (TPSA) is 58.8 Å². The summed E-state index contributed by atoms with van der Waals surface area (Å²) in [6, 6.07) is 14.5. The maximum absolute atomic E-state index is 5.70. The van der Waals surface area contributed by atoms with Crippen molar-refractivity contribution in [2.75, 3.05) is 26.3 Å². The van der Waals surface area contributed by atoms with Gasteiger partial charge in [-0.15, -0.1) is 24.0 Å². The number of ether oxygens (including phenoxy) is 1. The molecule has 1 aromatic carbocycles. The van der Waals surface area contributed by atoms with E-state index in [1.807, 2.05) is 18.2 Å².